The average molecular weight is 233 g/mol. The molecule has 1 atom stereocenters. The molecule has 0 unspecified atom stereocenters. The van der Waals surface area contributed by atoms with E-state index in [4.69, 9.17) is 0 Å². The number of carbonyl (C=O) groups excluding carboxylic acids is 1. The highest BCUT2D eigenvalue weighted by molar-refractivity contribution is 5.85. The van der Waals surface area contributed by atoms with E-state index in [1.54, 1.807) is 0 Å². The van der Waals surface area contributed by atoms with Crippen molar-refractivity contribution in [1.29, 1.82) is 0 Å². The maximum atomic E-state index is 11.5. The van der Waals surface area contributed by atoms with Gasteiger partial charge in [0.2, 0.25) is 5.91 Å². The molecule has 2 aliphatic rings. The lowest BCUT2D eigenvalue weighted by Gasteiger charge is -2.28. The summed E-state index contributed by atoms with van der Waals surface area (Å²) in [5.74, 6) is 0.953. The first-order valence-corrected chi connectivity index (χ1v) is 5.87. The number of halogens is 1. The van der Waals surface area contributed by atoms with E-state index < -0.39 is 0 Å². The molecule has 1 aliphatic carbocycles. The number of hydrogen-bond acceptors (Lipinski definition) is 2. The average Bonchev–Trinajstić information content (AvgIpc) is 2.14. The van der Waals surface area contributed by atoms with E-state index in [-0.39, 0.29) is 24.4 Å². The summed E-state index contributed by atoms with van der Waals surface area (Å²) in [4.78, 5) is 11.5. The smallest absolute Gasteiger partial charge is 0.237 e. The fraction of sp³-hybridized carbons (Fsp3) is 0.909. The van der Waals surface area contributed by atoms with Crippen molar-refractivity contribution in [3.05, 3.63) is 0 Å². The summed E-state index contributed by atoms with van der Waals surface area (Å²) in [6.45, 7) is 1.90. The number of carbonyl (C=O) groups is 1. The molecular weight excluding hydrogens is 212 g/mol. The highest BCUT2D eigenvalue weighted by Gasteiger charge is 2.24. The van der Waals surface area contributed by atoms with Crippen molar-refractivity contribution in [2.24, 2.45) is 5.92 Å². The highest BCUT2D eigenvalue weighted by Crippen LogP contribution is 2.22. The van der Waals surface area contributed by atoms with Crippen LogP contribution in [0.15, 0.2) is 0 Å². The van der Waals surface area contributed by atoms with Crippen LogP contribution in [0.1, 0.15) is 38.5 Å². The Morgan fingerprint density at radius 2 is 1.87 bits per heavy atom. The zero-order chi connectivity index (χ0) is 9.80. The molecule has 4 heteroatoms. The molecule has 0 aromatic heterocycles. The Balaban J connectivity index is 0.00000112. The van der Waals surface area contributed by atoms with E-state index in [2.05, 4.69) is 10.6 Å². The molecule has 15 heavy (non-hydrogen) atoms. The van der Waals surface area contributed by atoms with Gasteiger partial charge < -0.3 is 10.6 Å². The lowest BCUT2D eigenvalue weighted by atomic mass is 9.89. The topological polar surface area (TPSA) is 41.1 Å². The number of nitrogens with one attached hydrogen (secondary N) is 2. The Bertz CT molecular complexity index is 201. The van der Waals surface area contributed by atoms with E-state index in [0.717, 1.165) is 25.4 Å². The SMILES string of the molecule is Cl.O=C(NCC1CCCCC1)[C@H]1CCN1. The molecule has 1 saturated heterocycles. The van der Waals surface area contributed by atoms with Gasteiger partial charge in [0, 0.05) is 6.54 Å². The number of hydrogen-bond donors (Lipinski definition) is 2. The van der Waals surface area contributed by atoms with Crippen LogP contribution in [0.3, 0.4) is 0 Å². The normalized spacial score (nSPS) is 26.3. The zero-order valence-electron chi connectivity index (χ0n) is 9.13. The van der Waals surface area contributed by atoms with Gasteiger partial charge in [-0.3, -0.25) is 4.79 Å². The van der Waals surface area contributed by atoms with Crippen molar-refractivity contribution >= 4 is 18.3 Å². The first-order chi connectivity index (χ1) is 6.86. The molecule has 2 rings (SSSR count). The van der Waals surface area contributed by atoms with Gasteiger partial charge in [0.05, 0.1) is 6.04 Å². The van der Waals surface area contributed by atoms with Gasteiger partial charge in [0.15, 0.2) is 0 Å². The Morgan fingerprint density at radius 3 is 2.40 bits per heavy atom. The summed E-state index contributed by atoms with van der Waals surface area (Å²) >= 11 is 0. The monoisotopic (exact) mass is 232 g/mol. The fourth-order valence-corrected chi connectivity index (χ4v) is 2.27. The maximum absolute atomic E-state index is 11.5. The van der Waals surface area contributed by atoms with E-state index in [1.807, 2.05) is 0 Å². The molecule has 1 aliphatic heterocycles. The molecule has 0 aromatic rings. The molecule has 2 fully saturated rings. The maximum Gasteiger partial charge on any atom is 0.237 e. The minimum absolute atomic E-state index is 0. The zero-order valence-corrected chi connectivity index (χ0v) is 9.94. The summed E-state index contributed by atoms with van der Waals surface area (Å²) in [7, 11) is 0. The van der Waals surface area contributed by atoms with Crippen LogP contribution < -0.4 is 10.6 Å². The predicted octanol–water partition coefficient (Wildman–Crippen LogP) is 1.47. The third kappa shape index (κ3) is 3.65. The fourth-order valence-electron chi connectivity index (χ4n) is 2.27. The van der Waals surface area contributed by atoms with Crippen LogP contribution in [0.25, 0.3) is 0 Å². The quantitative estimate of drug-likeness (QED) is 0.774. The number of amides is 1. The molecule has 1 saturated carbocycles. The van der Waals surface area contributed by atoms with Crippen LogP contribution in [-0.4, -0.2) is 25.0 Å². The lowest BCUT2D eigenvalue weighted by molar-refractivity contribution is -0.124. The second kappa shape index (κ2) is 6.33. The molecule has 88 valence electrons. The minimum Gasteiger partial charge on any atom is -0.354 e. The summed E-state index contributed by atoms with van der Waals surface area (Å²) in [6, 6.07) is 0.110. The van der Waals surface area contributed by atoms with Gasteiger partial charge in [-0.15, -0.1) is 12.4 Å². The van der Waals surface area contributed by atoms with Crippen molar-refractivity contribution in [2.45, 2.75) is 44.6 Å². The Labute approximate surface area is 97.8 Å². The van der Waals surface area contributed by atoms with Crippen molar-refractivity contribution in [1.82, 2.24) is 10.6 Å². The summed E-state index contributed by atoms with van der Waals surface area (Å²) in [5, 5.41) is 6.17. The molecule has 1 amide bonds. The second-order valence-corrected chi connectivity index (χ2v) is 4.54. The minimum atomic E-state index is 0. The van der Waals surface area contributed by atoms with Gasteiger partial charge in [0.1, 0.15) is 0 Å². The van der Waals surface area contributed by atoms with Crippen molar-refractivity contribution in [2.75, 3.05) is 13.1 Å². The largest absolute Gasteiger partial charge is 0.354 e. The molecule has 2 N–H and O–H groups in total. The van der Waals surface area contributed by atoms with Crippen LogP contribution in [0.2, 0.25) is 0 Å². The van der Waals surface area contributed by atoms with Crippen molar-refractivity contribution in [3.63, 3.8) is 0 Å². The first-order valence-electron chi connectivity index (χ1n) is 5.87. The van der Waals surface area contributed by atoms with E-state index in [0.29, 0.717) is 0 Å². The van der Waals surface area contributed by atoms with Gasteiger partial charge in [-0.1, -0.05) is 19.3 Å². The van der Waals surface area contributed by atoms with Gasteiger partial charge >= 0.3 is 0 Å². The molecule has 1 heterocycles. The molecule has 3 nitrogen and oxygen atoms in total. The first kappa shape index (κ1) is 12.8. The van der Waals surface area contributed by atoms with E-state index in [1.165, 1.54) is 32.1 Å². The van der Waals surface area contributed by atoms with Gasteiger partial charge in [-0.25, -0.2) is 0 Å². The van der Waals surface area contributed by atoms with Gasteiger partial charge in [-0.05, 0) is 31.7 Å². The summed E-state index contributed by atoms with van der Waals surface area (Å²) in [6.07, 6.45) is 7.70. The lowest BCUT2D eigenvalue weighted by Crippen LogP contribution is -2.53. The third-order valence-electron chi connectivity index (χ3n) is 3.43. The molecular formula is C11H21ClN2O. The Morgan fingerprint density at radius 1 is 1.20 bits per heavy atom. The summed E-state index contributed by atoms with van der Waals surface area (Å²) in [5.41, 5.74) is 0. The predicted molar refractivity (Wildman–Crippen MR) is 63.2 cm³/mol. The van der Waals surface area contributed by atoms with Crippen LogP contribution >= 0.6 is 12.4 Å². The Kier molecular flexibility index (Phi) is 5.40. The van der Waals surface area contributed by atoms with Crippen LogP contribution in [0.4, 0.5) is 0 Å². The van der Waals surface area contributed by atoms with Gasteiger partial charge in [-0.2, -0.15) is 0 Å². The van der Waals surface area contributed by atoms with Crippen LogP contribution in [0, 0.1) is 5.92 Å². The highest BCUT2D eigenvalue weighted by atomic mass is 35.5. The van der Waals surface area contributed by atoms with Crippen molar-refractivity contribution < 1.29 is 4.79 Å². The van der Waals surface area contributed by atoms with Crippen LogP contribution in [-0.2, 0) is 4.79 Å². The molecule has 0 bridgehead atoms. The molecule has 0 aromatic carbocycles. The van der Waals surface area contributed by atoms with Crippen molar-refractivity contribution in [3.8, 4) is 0 Å². The standard InChI is InChI=1S/C11H20N2O.ClH/c14-11(10-6-7-12-10)13-8-9-4-2-1-3-5-9;/h9-10,12H,1-8H2,(H,13,14);1H/t10-;/m1./s1. The van der Waals surface area contributed by atoms with Crippen LogP contribution in [0.5, 0.6) is 0 Å². The van der Waals surface area contributed by atoms with Gasteiger partial charge in [0.25, 0.3) is 0 Å². The number of rotatable bonds is 3. The Hall–Kier alpha value is -0.280. The van der Waals surface area contributed by atoms with E-state index in [9.17, 15) is 4.79 Å². The van der Waals surface area contributed by atoms with E-state index >= 15 is 0 Å². The summed E-state index contributed by atoms with van der Waals surface area (Å²) < 4.78 is 0. The second-order valence-electron chi connectivity index (χ2n) is 4.54. The molecule has 0 radical (unpaired) electrons. The molecule has 0 spiro atoms. The third-order valence-corrected chi connectivity index (χ3v) is 3.43.